The fourth-order valence-electron chi connectivity index (χ4n) is 3.26. The van der Waals surface area contributed by atoms with Crippen LogP contribution >= 0.6 is 0 Å². The summed E-state index contributed by atoms with van der Waals surface area (Å²) >= 11 is 0. The third kappa shape index (κ3) is 4.57. The van der Waals surface area contributed by atoms with Crippen molar-refractivity contribution in [3.63, 3.8) is 0 Å². The molecule has 1 amide bonds. The molecule has 21 heavy (non-hydrogen) atoms. The summed E-state index contributed by atoms with van der Waals surface area (Å²) in [6, 6.07) is 8.14. The number of benzene rings is 1. The number of nitrogens with two attached hydrogens (primary N) is 1. The molecule has 0 aromatic heterocycles. The van der Waals surface area contributed by atoms with Gasteiger partial charge in [0, 0.05) is 26.1 Å². The van der Waals surface area contributed by atoms with E-state index in [-0.39, 0.29) is 5.92 Å². The minimum absolute atomic E-state index is 0.223. The Balaban J connectivity index is 1.97. The lowest BCUT2D eigenvalue weighted by atomic mass is 9.90. The molecule has 0 radical (unpaired) electrons. The highest BCUT2D eigenvalue weighted by molar-refractivity contribution is 5.78. The molecule has 2 N–H and O–H groups in total. The standard InChI is InChI=1S/C18H28N2O/c1-20(14-17-12-8-7-11-16(17)13-19)18(21)15-9-5-3-2-4-6-10-15/h7-8,11-12,15H,2-6,9-10,13-14,19H2,1H3. The van der Waals surface area contributed by atoms with Crippen LogP contribution in [-0.4, -0.2) is 17.9 Å². The van der Waals surface area contributed by atoms with Gasteiger partial charge in [-0.15, -0.1) is 0 Å². The summed E-state index contributed by atoms with van der Waals surface area (Å²) in [5, 5.41) is 0. The zero-order chi connectivity index (χ0) is 15.1. The molecule has 1 aliphatic carbocycles. The van der Waals surface area contributed by atoms with Gasteiger partial charge in [0.1, 0.15) is 0 Å². The first-order valence-electron chi connectivity index (χ1n) is 8.24. The number of nitrogens with zero attached hydrogens (tertiary/aromatic N) is 1. The largest absolute Gasteiger partial charge is 0.341 e. The van der Waals surface area contributed by atoms with Gasteiger partial charge in [-0.1, -0.05) is 56.4 Å². The van der Waals surface area contributed by atoms with Crippen molar-refractivity contribution in [2.24, 2.45) is 11.7 Å². The minimum Gasteiger partial charge on any atom is -0.341 e. The van der Waals surface area contributed by atoms with Gasteiger partial charge in [0.15, 0.2) is 0 Å². The van der Waals surface area contributed by atoms with Crippen molar-refractivity contribution in [1.29, 1.82) is 0 Å². The third-order valence-electron chi connectivity index (χ3n) is 4.58. The van der Waals surface area contributed by atoms with E-state index in [0.29, 0.717) is 19.0 Å². The Labute approximate surface area is 128 Å². The molecule has 1 fully saturated rings. The second kappa shape index (κ2) is 8.18. The molecule has 1 aromatic carbocycles. The Morgan fingerprint density at radius 1 is 1.10 bits per heavy atom. The van der Waals surface area contributed by atoms with Crippen LogP contribution in [0.3, 0.4) is 0 Å². The summed E-state index contributed by atoms with van der Waals surface area (Å²) in [7, 11) is 1.92. The first-order chi connectivity index (χ1) is 10.2. The van der Waals surface area contributed by atoms with E-state index >= 15 is 0 Å². The number of carbonyl (C=O) groups is 1. The lowest BCUT2D eigenvalue weighted by Gasteiger charge is -2.26. The molecule has 2 rings (SSSR count). The minimum atomic E-state index is 0.223. The van der Waals surface area contributed by atoms with E-state index in [1.54, 1.807) is 0 Å². The van der Waals surface area contributed by atoms with Gasteiger partial charge in [-0.25, -0.2) is 0 Å². The second-order valence-electron chi connectivity index (χ2n) is 6.21. The van der Waals surface area contributed by atoms with E-state index in [9.17, 15) is 4.79 Å². The van der Waals surface area contributed by atoms with Crippen LogP contribution in [0.25, 0.3) is 0 Å². The van der Waals surface area contributed by atoms with Crippen molar-refractivity contribution < 1.29 is 4.79 Å². The van der Waals surface area contributed by atoms with E-state index in [1.165, 1.54) is 37.7 Å². The van der Waals surface area contributed by atoms with Crippen LogP contribution in [0.4, 0.5) is 0 Å². The Morgan fingerprint density at radius 3 is 2.29 bits per heavy atom. The van der Waals surface area contributed by atoms with Crippen molar-refractivity contribution in [2.45, 2.75) is 58.0 Å². The van der Waals surface area contributed by atoms with Gasteiger partial charge in [0.2, 0.25) is 5.91 Å². The Bertz CT molecular complexity index is 450. The molecular weight excluding hydrogens is 260 g/mol. The van der Waals surface area contributed by atoms with E-state index in [4.69, 9.17) is 5.73 Å². The highest BCUT2D eigenvalue weighted by Crippen LogP contribution is 2.24. The maximum atomic E-state index is 12.7. The highest BCUT2D eigenvalue weighted by Gasteiger charge is 2.22. The SMILES string of the molecule is CN(Cc1ccccc1CN)C(=O)C1CCCCCCC1. The van der Waals surface area contributed by atoms with Crippen molar-refractivity contribution in [3.8, 4) is 0 Å². The predicted molar refractivity (Wildman–Crippen MR) is 86.6 cm³/mol. The molecule has 0 heterocycles. The first kappa shape index (κ1) is 16.0. The summed E-state index contributed by atoms with van der Waals surface area (Å²) in [6.45, 7) is 1.20. The summed E-state index contributed by atoms with van der Waals surface area (Å²) in [4.78, 5) is 14.6. The lowest BCUT2D eigenvalue weighted by molar-refractivity contribution is -0.135. The number of hydrogen-bond donors (Lipinski definition) is 1. The van der Waals surface area contributed by atoms with Gasteiger partial charge in [-0.3, -0.25) is 4.79 Å². The van der Waals surface area contributed by atoms with Crippen molar-refractivity contribution in [1.82, 2.24) is 4.90 Å². The quantitative estimate of drug-likeness (QED) is 0.922. The molecule has 0 spiro atoms. The van der Waals surface area contributed by atoms with Gasteiger partial charge in [-0.2, -0.15) is 0 Å². The molecule has 1 aromatic rings. The molecule has 0 unspecified atom stereocenters. The summed E-state index contributed by atoms with van der Waals surface area (Å²) in [6.07, 6.45) is 8.41. The van der Waals surface area contributed by atoms with Gasteiger partial charge in [0.25, 0.3) is 0 Å². The zero-order valence-corrected chi connectivity index (χ0v) is 13.2. The van der Waals surface area contributed by atoms with Crippen molar-refractivity contribution >= 4 is 5.91 Å². The summed E-state index contributed by atoms with van der Waals surface area (Å²) in [5.74, 6) is 0.532. The maximum Gasteiger partial charge on any atom is 0.225 e. The second-order valence-corrected chi connectivity index (χ2v) is 6.21. The third-order valence-corrected chi connectivity index (χ3v) is 4.58. The Morgan fingerprint density at radius 2 is 1.67 bits per heavy atom. The molecule has 1 saturated carbocycles. The topological polar surface area (TPSA) is 46.3 Å². The van der Waals surface area contributed by atoms with E-state index in [0.717, 1.165) is 18.4 Å². The fourth-order valence-corrected chi connectivity index (χ4v) is 3.26. The summed E-state index contributed by atoms with van der Waals surface area (Å²) < 4.78 is 0. The number of amides is 1. The van der Waals surface area contributed by atoms with Gasteiger partial charge >= 0.3 is 0 Å². The van der Waals surface area contributed by atoms with Crippen LogP contribution in [0.2, 0.25) is 0 Å². The molecule has 0 atom stereocenters. The molecule has 116 valence electrons. The molecular formula is C18H28N2O. The van der Waals surface area contributed by atoms with E-state index < -0.39 is 0 Å². The van der Waals surface area contributed by atoms with Crippen LogP contribution in [0.1, 0.15) is 56.1 Å². The molecule has 1 aliphatic rings. The van der Waals surface area contributed by atoms with Gasteiger partial charge in [0.05, 0.1) is 0 Å². The smallest absolute Gasteiger partial charge is 0.225 e. The first-order valence-corrected chi connectivity index (χ1v) is 8.24. The van der Waals surface area contributed by atoms with Crippen LogP contribution in [-0.2, 0) is 17.9 Å². The average molecular weight is 288 g/mol. The van der Waals surface area contributed by atoms with Crippen LogP contribution in [0.5, 0.6) is 0 Å². The predicted octanol–water partition coefficient (Wildman–Crippen LogP) is 3.46. The molecule has 3 heteroatoms. The summed E-state index contributed by atoms with van der Waals surface area (Å²) in [5.41, 5.74) is 8.08. The zero-order valence-electron chi connectivity index (χ0n) is 13.2. The number of carbonyl (C=O) groups excluding carboxylic acids is 1. The van der Waals surface area contributed by atoms with E-state index in [1.807, 2.05) is 30.1 Å². The van der Waals surface area contributed by atoms with Gasteiger partial charge < -0.3 is 10.6 Å². The number of rotatable bonds is 4. The van der Waals surface area contributed by atoms with Crippen LogP contribution < -0.4 is 5.73 Å². The average Bonchev–Trinajstić information content (AvgIpc) is 2.47. The fraction of sp³-hybridized carbons (Fsp3) is 0.611. The monoisotopic (exact) mass is 288 g/mol. The van der Waals surface area contributed by atoms with Crippen LogP contribution in [0, 0.1) is 5.92 Å². The maximum absolute atomic E-state index is 12.7. The Kier molecular flexibility index (Phi) is 6.24. The lowest BCUT2D eigenvalue weighted by Crippen LogP contribution is -2.33. The molecule has 3 nitrogen and oxygen atoms in total. The molecule has 0 saturated heterocycles. The van der Waals surface area contributed by atoms with E-state index in [2.05, 4.69) is 6.07 Å². The molecule has 0 bridgehead atoms. The van der Waals surface area contributed by atoms with Gasteiger partial charge in [-0.05, 0) is 24.0 Å². The van der Waals surface area contributed by atoms with Crippen molar-refractivity contribution in [3.05, 3.63) is 35.4 Å². The highest BCUT2D eigenvalue weighted by atomic mass is 16.2. The Hall–Kier alpha value is -1.35. The van der Waals surface area contributed by atoms with Crippen LogP contribution in [0.15, 0.2) is 24.3 Å². The normalized spacial score (nSPS) is 17.0. The van der Waals surface area contributed by atoms with Crippen molar-refractivity contribution in [2.75, 3.05) is 7.05 Å². The number of hydrogen-bond acceptors (Lipinski definition) is 2. The molecule has 0 aliphatic heterocycles.